The number of ether oxygens (including phenoxy) is 2. The average Bonchev–Trinajstić information content (AvgIpc) is 2.80. The third kappa shape index (κ3) is 7.15. The van der Waals surface area contributed by atoms with Gasteiger partial charge in [0, 0.05) is 6.42 Å². The molecule has 0 spiro atoms. The lowest BCUT2D eigenvalue weighted by Gasteiger charge is -2.34. The summed E-state index contributed by atoms with van der Waals surface area (Å²) in [5, 5.41) is 10.1. The highest BCUT2D eigenvalue weighted by Gasteiger charge is 2.31. The van der Waals surface area contributed by atoms with Gasteiger partial charge >= 0.3 is 5.97 Å². The molecule has 34 heavy (non-hydrogen) atoms. The van der Waals surface area contributed by atoms with Crippen molar-refractivity contribution in [2.24, 2.45) is 10.8 Å². The molecule has 2 aromatic rings. The Morgan fingerprint density at radius 2 is 1.74 bits per heavy atom. The molecule has 5 heteroatoms. The molecule has 186 valence electrons. The molecule has 0 unspecified atom stereocenters. The largest absolute Gasteiger partial charge is 0.493 e. The van der Waals surface area contributed by atoms with E-state index < -0.39 is 11.4 Å². The summed E-state index contributed by atoms with van der Waals surface area (Å²) in [6.45, 7) is 9.48. The molecule has 2 aromatic carbocycles. The van der Waals surface area contributed by atoms with E-state index in [-0.39, 0.29) is 0 Å². The molecule has 0 heterocycles. The minimum absolute atomic E-state index is 0.463. The maximum atomic E-state index is 11.5. The third-order valence-electron chi connectivity index (χ3n) is 7.40. The minimum atomic E-state index is -0.761. The van der Waals surface area contributed by atoms with Crippen LogP contribution in [0.5, 0.6) is 11.5 Å². The third-order valence-corrected chi connectivity index (χ3v) is 7.69. The quantitative estimate of drug-likeness (QED) is 0.328. The van der Waals surface area contributed by atoms with Crippen molar-refractivity contribution in [3.05, 3.63) is 58.6 Å². The van der Waals surface area contributed by atoms with Crippen molar-refractivity contribution in [1.82, 2.24) is 0 Å². The van der Waals surface area contributed by atoms with Crippen LogP contribution in [0.3, 0.4) is 0 Å². The van der Waals surface area contributed by atoms with Crippen LogP contribution in [0, 0.1) is 10.8 Å². The summed E-state index contributed by atoms with van der Waals surface area (Å²) >= 11 is 6.51. The van der Waals surface area contributed by atoms with Crippen LogP contribution in [0.1, 0.15) is 83.3 Å². The van der Waals surface area contributed by atoms with Crippen LogP contribution in [0.15, 0.2) is 42.5 Å². The molecule has 4 nitrogen and oxygen atoms in total. The molecule has 1 aliphatic rings. The van der Waals surface area contributed by atoms with Crippen molar-refractivity contribution in [2.75, 3.05) is 13.2 Å². The lowest BCUT2D eigenvalue weighted by atomic mass is 9.71. The number of aliphatic carboxylic acids is 1. The van der Waals surface area contributed by atoms with E-state index in [9.17, 15) is 9.90 Å². The van der Waals surface area contributed by atoms with Crippen LogP contribution in [-0.2, 0) is 11.2 Å². The number of benzene rings is 2. The number of carboxylic acids is 1. The lowest BCUT2D eigenvalue weighted by molar-refractivity contribution is -0.148. The maximum Gasteiger partial charge on any atom is 0.309 e. The molecule has 0 aliphatic heterocycles. The zero-order valence-electron chi connectivity index (χ0n) is 21.0. The molecule has 0 radical (unpaired) electrons. The summed E-state index contributed by atoms with van der Waals surface area (Å²) in [5.41, 5.74) is 2.04. The second kappa shape index (κ2) is 11.5. The second-order valence-electron chi connectivity index (χ2n) is 10.7. The van der Waals surface area contributed by atoms with Gasteiger partial charge in [-0.25, -0.2) is 0 Å². The van der Waals surface area contributed by atoms with E-state index in [0.29, 0.717) is 42.4 Å². The van der Waals surface area contributed by atoms with Crippen molar-refractivity contribution in [1.29, 1.82) is 0 Å². The Balaban J connectivity index is 1.41. The molecule has 1 fully saturated rings. The van der Waals surface area contributed by atoms with Gasteiger partial charge in [0.15, 0.2) is 0 Å². The summed E-state index contributed by atoms with van der Waals surface area (Å²) in [6, 6.07) is 13.9. The number of hydrogen-bond donors (Lipinski definition) is 1. The Morgan fingerprint density at radius 1 is 1.09 bits per heavy atom. The van der Waals surface area contributed by atoms with Crippen LogP contribution in [0.4, 0.5) is 0 Å². The zero-order valence-corrected chi connectivity index (χ0v) is 21.8. The van der Waals surface area contributed by atoms with E-state index in [2.05, 4.69) is 26.0 Å². The first kappa shape index (κ1) is 26.4. The lowest BCUT2D eigenvalue weighted by Crippen LogP contribution is -2.29. The SMILES string of the molecule is CC[C@@](C)(Cc1ccc(OCCCOc2ccc(C3CCC(C)(C)CC3)cc2Cl)cc1)C(=O)O. The van der Waals surface area contributed by atoms with E-state index >= 15 is 0 Å². The van der Waals surface area contributed by atoms with E-state index in [1.165, 1.54) is 31.2 Å². The van der Waals surface area contributed by atoms with Crippen LogP contribution in [0.25, 0.3) is 0 Å². The van der Waals surface area contributed by atoms with Gasteiger partial charge in [-0.3, -0.25) is 4.79 Å². The van der Waals surface area contributed by atoms with E-state index in [1.54, 1.807) is 6.92 Å². The molecule has 1 N–H and O–H groups in total. The molecular formula is C29H39ClO4. The Morgan fingerprint density at radius 3 is 2.32 bits per heavy atom. The van der Waals surface area contributed by atoms with Gasteiger partial charge in [0.25, 0.3) is 0 Å². The Labute approximate surface area is 209 Å². The molecule has 0 amide bonds. The van der Waals surface area contributed by atoms with Crippen molar-refractivity contribution in [3.63, 3.8) is 0 Å². The van der Waals surface area contributed by atoms with Crippen LogP contribution in [0.2, 0.25) is 5.02 Å². The number of carbonyl (C=O) groups is 1. The number of halogens is 1. The van der Waals surface area contributed by atoms with Crippen LogP contribution < -0.4 is 9.47 Å². The monoisotopic (exact) mass is 486 g/mol. The highest BCUT2D eigenvalue weighted by atomic mass is 35.5. The van der Waals surface area contributed by atoms with Crippen molar-refractivity contribution < 1.29 is 19.4 Å². The molecule has 0 saturated heterocycles. The van der Waals surface area contributed by atoms with Gasteiger partial charge in [-0.2, -0.15) is 0 Å². The van der Waals surface area contributed by atoms with E-state index in [4.69, 9.17) is 21.1 Å². The topological polar surface area (TPSA) is 55.8 Å². The summed E-state index contributed by atoms with van der Waals surface area (Å²) in [6.07, 6.45) is 6.80. The second-order valence-corrected chi connectivity index (χ2v) is 11.1. The van der Waals surface area contributed by atoms with E-state index in [1.807, 2.05) is 37.3 Å². The number of hydrogen-bond acceptors (Lipinski definition) is 3. The minimum Gasteiger partial charge on any atom is -0.493 e. The summed E-state index contributed by atoms with van der Waals surface area (Å²) < 4.78 is 11.7. The predicted molar refractivity (Wildman–Crippen MR) is 138 cm³/mol. The first-order valence-corrected chi connectivity index (χ1v) is 12.9. The number of carboxylic acid groups (broad SMARTS) is 1. The highest BCUT2D eigenvalue weighted by molar-refractivity contribution is 6.32. The van der Waals surface area contributed by atoms with Gasteiger partial charge < -0.3 is 14.6 Å². The van der Waals surface area contributed by atoms with Gasteiger partial charge in [-0.1, -0.05) is 50.6 Å². The predicted octanol–water partition coefficient (Wildman–Crippen LogP) is 7.92. The average molecular weight is 487 g/mol. The Hall–Kier alpha value is -2.20. The Bertz CT molecular complexity index is 943. The van der Waals surface area contributed by atoms with Gasteiger partial charge in [0.05, 0.1) is 23.7 Å². The molecule has 3 rings (SSSR count). The van der Waals surface area contributed by atoms with Crippen LogP contribution >= 0.6 is 11.6 Å². The Kier molecular flexibility index (Phi) is 8.92. The fraction of sp³-hybridized carbons (Fsp3) is 0.552. The molecular weight excluding hydrogens is 448 g/mol. The number of rotatable bonds is 11. The van der Waals surface area contributed by atoms with Gasteiger partial charge in [-0.05, 0) is 92.2 Å². The highest BCUT2D eigenvalue weighted by Crippen LogP contribution is 2.43. The fourth-order valence-corrected chi connectivity index (χ4v) is 4.80. The van der Waals surface area contributed by atoms with Crippen molar-refractivity contribution in [3.8, 4) is 11.5 Å². The van der Waals surface area contributed by atoms with E-state index in [0.717, 1.165) is 23.5 Å². The zero-order chi connectivity index (χ0) is 24.8. The molecule has 0 aromatic heterocycles. The van der Waals surface area contributed by atoms with Crippen LogP contribution in [-0.4, -0.2) is 24.3 Å². The first-order chi connectivity index (χ1) is 16.1. The van der Waals surface area contributed by atoms with Crippen molar-refractivity contribution in [2.45, 2.75) is 78.6 Å². The van der Waals surface area contributed by atoms with Gasteiger partial charge in [0.1, 0.15) is 11.5 Å². The summed E-state index contributed by atoms with van der Waals surface area (Å²) in [4.78, 5) is 11.5. The maximum absolute atomic E-state index is 11.5. The fourth-order valence-electron chi connectivity index (χ4n) is 4.56. The molecule has 0 bridgehead atoms. The smallest absolute Gasteiger partial charge is 0.309 e. The standard InChI is InChI=1S/C29H39ClO4/c1-5-29(4,27(31)32)20-21-7-10-24(11-8-21)33-17-6-18-34-26-12-9-23(19-25(26)30)22-13-15-28(2,3)16-14-22/h7-12,19,22H,5-6,13-18,20H2,1-4H3,(H,31,32)/t29-/m0/s1. The molecule has 1 aliphatic carbocycles. The van der Waals surface area contributed by atoms with Gasteiger partial charge in [-0.15, -0.1) is 0 Å². The molecule has 1 atom stereocenters. The molecule has 1 saturated carbocycles. The summed E-state index contributed by atoms with van der Waals surface area (Å²) in [5.74, 6) is 1.33. The first-order valence-electron chi connectivity index (χ1n) is 12.5. The summed E-state index contributed by atoms with van der Waals surface area (Å²) in [7, 11) is 0. The van der Waals surface area contributed by atoms with Gasteiger partial charge in [0.2, 0.25) is 0 Å². The van der Waals surface area contributed by atoms with Crippen molar-refractivity contribution >= 4 is 17.6 Å². The normalized spacial score (nSPS) is 17.7.